The van der Waals surface area contributed by atoms with Crippen LogP contribution in [0.15, 0.2) is 72.1 Å². The zero-order valence-corrected chi connectivity index (χ0v) is 14.3. The van der Waals surface area contributed by atoms with Gasteiger partial charge >= 0.3 is 0 Å². The lowest BCUT2D eigenvalue weighted by Crippen LogP contribution is -2.21. The minimum atomic E-state index is -0.368. The number of pyridine rings is 1. The van der Waals surface area contributed by atoms with Crippen LogP contribution in [0.4, 0.5) is 5.69 Å². The van der Waals surface area contributed by atoms with Gasteiger partial charge in [-0.1, -0.05) is 30.3 Å². The van der Waals surface area contributed by atoms with Gasteiger partial charge in [0.15, 0.2) is 0 Å². The third-order valence-electron chi connectivity index (χ3n) is 3.72. The third-order valence-corrected chi connectivity index (χ3v) is 3.72. The zero-order valence-electron chi connectivity index (χ0n) is 14.3. The number of hydrazone groups is 1. The highest BCUT2D eigenvalue weighted by atomic mass is 16.2. The average Bonchev–Trinajstić information content (AvgIpc) is 2.66. The minimum absolute atomic E-state index is 0.0835. The summed E-state index contributed by atoms with van der Waals surface area (Å²) in [7, 11) is 0. The molecule has 0 aliphatic heterocycles. The van der Waals surface area contributed by atoms with Gasteiger partial charge < -0.3 is 5.32 Å². The molecule has 130 valence electrons. The summed E-state index contributed by atoms with van der Waals surface area (Å²) in [6, 6.07) is 17.0. The van der Waals surface area contributed by atoms with Gasteiger partial charge in [-0.15, -0.1) is 0 Å². The summed E-state index contributed by atoms with van der Waals surface area (Å²) in [5.41, 5.74) is 4.05. The van der Waals surface area contributed by atoms with Crippen molar-refractivity contribution >= 4 is 34.0 Å². The second-order valence-electron chi connectivity index (χ2n) is 5.82. The van der Waals surface area contributed by atoms with E-state index in [1.165, 1.54) is 6.20 Å². The number of hydrogen-bond acceptors (Lipinski definition) is 4. The number of aromatic nitrogens is 1. The summed E-state index contributed by atoms with van der Waals surface area (Å²) >= 11 is 0. The molecule has 6 nitrogen and oxygen atoms in total. The number of amides is 2. The van der Waals surface area contributed by atoms with Crippen molar-refractivity contribution in [3.05, 3.63) is 72.6 Å². The molecule has 1 heterocycles. The first-order chi connectivity index (χ1) is 12.6. The molecule has 2 aromatic carbocycles. The standard InChI is InChI=1S/C20H18N4O2/c1-14(23-24-20(26)17-7-4-10-21-13-17)11-19(25)22-18-9-8-15-5-2-3-6-16(15)12-18/h2-10,12-13H,11H2,1H3,(H,22,25)(H,24,26)/b23-14+. The van der Waals surface area contributed by atoms with Gasteiger partial charge in [0, 0.05) is 23.8 Å². The van der Waals surface area contributed by atoms with Crippen molar-refractivity contribution in [2.45, 2.75) is 13.3 Å². The molecule has 0 saturated heterocycles. The summed E-state index contributed by atoms with van der Waals surface area (Å²) in [4.78, 5) is 27.9. The quantitative estimate of drug-likeness (QED) is 0.549. The number of hydrogen-bond donors (Lipinski definition) is 2. The molecular weight excluding hydrogens is 328 g/mol. The molecule has 0 aliphatic rings. The van der Waals surface area contributed by atoms with E-state index in [1.54, 1.807) is 25.3 Å². The fraction of sp³-hybridized carbons (Fsp3) is 0.100. The van der Waals surface area contributed by atoms with E-state index in [-0.39, 0.29) is 18.2 Å². The molecule has 0 atom stereocenters. The van der Waals surface area contributed by atoms with Crippen LogP contribution in [0.2, 0.25) is 0 Å². The van der Waals surface area contributed by atoms with Gasteiger partial charge in [0.1, 0.15) is 0 Å². The Bertz CT molecular complexity index is 968. The summed E-state index contributed by atoms with van der Waals surface area (Å²) < 4.78 is 0. The van der Waals surface area contributed by atoms with Gasteiger partial charge in [-0.25, -0.2) is 5.43 Å². The average molecular weight is 346 g/mol. The lowest BCUT2D eigenvalue weighted by atomic mass is 10.1. The number of rotatable bonds is 5. The normalized spacial score (nSPS) is 11.2. The van der Waals surface area contributed by atoms with Crippen molar-refractivity contribution in [2.24, 2.45) is 5.10 Å². The highest BCUT2D eigenvalue weighted by molar-refractivity contribution is 6.06. The Hall–Kier alpha value is -3.54. The van der Waals surface area contributed by atoms with Gasteiger partial charge in [-0.3, -0.25) is 14.6 Å². The molecule has 3 rings (SSSR count). The largest absolute Gasteiger partial charge is 0.326 e. The highest BCUT2D eigenvalue weighted by Gasteiger charge is 2.07. The predicted octanol–water partition coefficient (Wildman–Crippen LogP) is 3.37. The van der Waals surface area contributed by atoms with Crippen LogP contribution in [0.1, 0.15) is 23.7 Å². The summed E-state index contributed by atoms with van der Waals surface area (Å²) in [6.45, 7) is 1.68. The fourth-order valence-corrected chi connectivity index (χ4v) is 2.45. The summed E-state index contributed by atoms with van der Waals surface area (Å²) in [6.07, 6.45) is 3.12. The van der Waals surface area contributed by atoms with Gasteiger partial charge in [0.25, 0.3) is 5.91 Å². The van der Waals surface area contributed by atoms with E-state index < -0.39 is 0 Å². The van der Waals surface area contributed by atoms with E-state index >= 15 is 0 Å². The Morgan fingerprint density at radius 1 is 1.04 bits per heavy atom. The first-order valence-corrected chi connectivity index (χ1v) is 8.14. The Kier molecular flexibility index (Phi) is 5.34. The number of benzene rings is 2. The van der Waals surface area contributed by atoms with Crippen LogP contribution in [0.3, 0.4) is 0 Å². The van der Waals surface area contributed by atoms with Gasteiger partial charge in [-0.05, 0) is 42.0 Å². The maximum Gasteiger partial charge on any atom is 0.272 e. The summed E-state index contributed by atoms with van der Waals surface area (Å²) in [5.74, 6) is -0.565. The molecule has 0 aliphatic carbocycles. The maximum absolute atomic E-state index is 12.2. The molecular formula is C20H18N4O2. The minimum Gasteiger partial charge on any atom is -0.326 e. The van der Waals surface area contributed by atoms with Crippen molar-refractivity contribution in [3.63, 3.8) is 0 Å². The third kappa shape index (κ3) is 4.51. The molecule has 0 unspecified atom stereocenters. The van der Waals surface area contributed by atoms with E-state index in [9.17, 15) is 9.59 Å². The van der Waals surface area contributed by atoms with Crippen molar-refractivity contribution in [3.8, 4) is 0 Å². The number of nitrogens with zero attached hydrogens (tertiary/aromatic N) is 2. The molecule has 0 spiro atoms. The Labute approximate surface area is 151 Å². The van der Waals surface area contributed by atoms with Crippen LogP contribution in [-0.4, -0.2) is 22.5 Å². The smallest absolute Gasteiger partial charge is 0.272 e. The molecule has 0 radical (unpaired) electrons. The molecule has 0 bridgehead atoms. The predicted molar refractivity (Wildman–Crippen MR) is 102 cm³/mol. The van der Waals surface area contributed by atoms with E-state index in [0.717, 1.165) is 16.5 Å². The Balaban J connectivity index is 1.57. The van der Waals surface area contributed by atoms with Crippen LogP contribution in [-0.2, 0) is 4.79 Å². The first-order valence-electron chi connectivity index (χ1n) is 8.14. The van der Waals surface area contributed by atoms with Crippen LogP contribution >= 0.6 is 0 Å². The van der Waals surface area contributed by atoms with Crippen molar-refractivity contribution < 1.29 is 9.59 Å². The lowest BCUT2D eigenvalue weighted by Gasteiger charge is -2.07. The Morgan fingerprint density at radius 2 is 1.85 bits per heavy atom. The van der Waals surface area contributed by atoms with Crippen LogP contribution in [0, 0.1) is 0 Å². The monoisotopic (exact) mass is 346 g/mol. The zero-order chi connectivity index (χ0) is 18.4. The molecule has 0 saturated carbocycles. The van der Waals surface area contributed by atoms with Gasteiger partial charge in [-0.2, -0.15) is 5.10 Å². The van der Waals surface area contributed by atoms with E-state index in [4.69, 9.17) is 0 Å². The number of carbonyl (C=O) groups is 2. The van der Waals surface area contributed by atoms with Crippen LogP contribution in [0.25, 0.3) is 10.8 Å². The second kappa shape index (κ2) is 8.02. The topological polar surface area (TPSA) is 83.5 Å². The molecule has 0 fully saturated rings. The van der Waals surface area contributed by atoms with Gasteiger partial charge in [0.05, 0.1) is 12.0 Å². The van der Waals surface area contributed by atoms with Crippen LogP contribution in [0.5, 0.6) is 0 Å². The maximum atomic E-state index is 12.2. The molecule has 2 N–H and O–H groups in total. The van der Waals surface area contributed by atoms with E-state index in [0.29, 0.717) is 11.3 Å². The molecule has 2 amide bonds. The fourth-order valence-electron chi connectivity index (χ4n) is 2.45. The lowest BCUT2D eigenvalue weighted by molar-refractivity contribution is -0.115. The van der Waals surface area contributed by atoms with Crippen LogP contribution < -0.4 is 10.7 Å². The number of carbonyl (C=O) groups excluding carboxylic acids is 2. The van der Waals surface area contributed by atoms with Crippen molar-refractivity contribution in [2.75, 3.05) is 5.32 Å². The molecule has 6 heteroatoms. The first kappa shape index (κ1) is 17.3. The molecule has 1 aromatic heterocycles. The molecule has 26 heavy (non-hydrogen) atoms. The van der Waals surface area contributed by atoms with E-state index in [1.807, 2.05) is 42.5 Å². The van der Waals surface area contributed by atoms with Gasteiger partial charge in [0.2, 0.25) is 5.91 Å². The second-order valence-corrected chi connectivity index (χ2v) is 5.82. The van der Waals surface area contributed by atoms with Crippen molar-refractivity contribution in [1.29, 1.82) is 0 Å². The van der Waals surface area contributed by atoms with E-state index in [2.05, 4.69) is 20.8 Å². The SMILES string of the molecule is C/C(CC(=O)Nc1ccc2ccccc2c1)=N\NC(=O)c1cccnc1. The number of fused-ring (bicyclic) bond motifs is 1. The Morgan fingerprint density at radius 3 is 2.62 bits per heavy atom. The van der Waals surface area contributed by atoms with Crippen molar-refractivity contribution in [1.82, 2.24) is 10.4 Å². The number of anilines is 1. The number of nitrogens with one attached hydrogen (secondary N) is 2. The molecule has 3 aromatic rings. The highest BCUT2D eigenvalue weighted by Crippen LogP contribution is 2.18. The summed E-state index contributed by atoms with van der Waals surface area (Å²) in [5, 5.41) is 8.97.